The molecule has 1 aromatic rings. The average Bonchev–Trinajstić information content (AvgIpc) is 3.05. The number of nitrogens with zero attached hydrogens (tertiary/aromatic N) is 4. The van der Waals surface area contributed by atoms with Crippen LogP contribution in [-0.4, -0.2) is 45.1 Å². The van der Waals surface area contributed by atoms with Crippen LogP contribution in [0.5, 0.6) is 0 Å². The zero-order valence-corrected chi connectivity index (χ0v) is 15.8. The molecule has 1 aromatic carbocycles. The van der Waals surface area contributed by atoms with Gasteiger partial charge in [0.2, 0.25) is 5.17 Å². The molecule has 3 heterocycles. The van der Waals surface area contributed by atoms with Crippen LogP contribution in [0, 0.1) is 11.3 Å². The van der Waals surface area contributed by atoms with E-state index in [1.807, 2.05) is 0 Å². The smallest absolute Gasteiger partial charge is 0.283 e. The maximum atomic E-state index is 12.4. The molecule has 1 amide bonds. The van der Waals surface area contributed by atoms with Crippen LogP contribution >= 0.6 is 23.4 Å². The second kappa shape index (κ2) is 6.89. The Hall–Kier alpha value is -2.12. The lowest BCUT2D eigenvalue weighted by molar-refractivity contribution is -0.114. The Labute approximate surface area is 161 Å². The molecule has 3 aliphatic heterocycles. The van der Waals surface area contributed by atoms with Gasteiger partial charge in [0.1, 0.15) is 0 Å². The molecule has 3 aliphatic rings. The fraction of sp³-hybridized carbons (Fsp3) is 0.333. The van der Waals surface area contributed by atoms with E-state index in [4.69, 9.17) is 17.0 Å². The Morgan fingerprint density at radius 3 is 2.62 bits per heavy atom. The summed E-state index contributed by atoms with van der Waals surface area (Å²) >= 11 is 7.26. The highest BCUT2D eigenvalue weighted by Crippen LogP contribution is 2.31. The molecule has 1 saturated heterocycles. The molecule has 26 heavy (non-hydrogen) atoms. The number of hydrogen-bond acceptors (Lipinski definition) is 5. The first-order valence-corrected chi connectivity index (χ1v) is 9.71. The van der Waals surface area contributed by atoms with E-state index < -0.39 is 5.91 Å². The highest BCUT2D eigenvalue weighted by atomic mass is 35.5. The molecule has 0 spiro atoms. The quantitative estimate of drug-likeness (QED) is 0.746. The van der Waals surface area contributed by atoms with Gasteiger partial charge in [-0.15, -0.1) is 5.10 Å². The third-order valence-corrected chi connectivity index (χ3v) is 5.90. The largest absolute Gasteiger partial charge is 0.349 e. The van der Waals surface area contributed by atoms with Crippen LogP contribution in [-0.2, 0) is 4.79 Å². The summed E-state index contributed by atoms with van der Waals surface area (Å²) in [5, 5.41) is 16.3. The van der Waals surface area contributed by atoms with E-state index in [9.17, 15) is 4.79 Å². The number of benzene rings is 1. The summed E-state index contributed by atoms with van der Waals surface area (Å²) in [5.41, 5.74) is 1.02. The van der Waals surface area contributed by atoms with Crippen molar-refractivity contribution in [3.63, 3.8) is 0 Å². The molecule has 6 nitrogen and oxygen atoms in total. The van der Waals surface area contributed by atoms with Crippen LogP contribution in [0.3, 0.4) is 0 Å². The Morgan fingerprint density at radius 1 is 1.23 bits per heavy atom. The minimum atomic E-state index is -0.410. The maximum absolute atomic E-state index is 12.4. The molecular formula is C18H18ClN5OS. The van der Waals surface area contributed by atoms with E-state index in [0.717, 1.165) is 42.6 Å². The van der Waals surface area contributed by atoms with Crippen molar-refractivity contribution in [2.75, 3.05) is 13.1 Å². The van der Waals surface area contributed by atoms with E-state index in [0.29, 0.717) is 10.2 Å². The summed E-state index contributed by atoms with van der Waals surface area (Å²) in [6.07, 6.45) is 3.91. The maximum Gasteiger partial charge on any atom is 0.283 e. The normalized spacial score (nSPS) is 22.6. The van der Waals surface area contributed by atoms with Gasteiger partial charge >= 0.3 is 0 Å². The molecule has 1 N–H and O–H groups in total. The predicted molar refractivity (Wildman–Crippen MR) is 106 cm³/mol. The second-order valence-corrected chi connectivity index (χ2v) is 7.99. The highest BCUT2D eigenvalue weighted by Gasteiger charge is 2.37. The van der Waals surface area contributed by atoms with Gasteiger partial charge in [0, 0.05) is 18.1 Å². The van der Waals surface area contributed by atoms with Gasteiger partial charge < -0.3 is 4.90 Å². The number of fused-ring (bicyclic) bond motifs is 1. The van der Waals surface area contributed by atoms with E-state index in [-0.39, 0.29) is 11.4 Å². The number of carbonyl (C=O) groups excluding carboxylic acids is 1. The van der Waals surface area contributed by atoms with Gasteiger partial charge in [-0.25, -0.2) is 0 Å². The number of hydrazone groups is 1. The molecule has 0 unspecified atom stereocenters. The first kappa shape index (κ1) is 17.3. The van der Waals surface area contributed by atoms with Crippen LogP contribution in [0.1, 0.15) is 25.3 Å². The monoisotopic (exact) mass is 387 g/mol. The van der Waals surface area contributed by atoms with Gasteiger partial charge in [0.05, 0.1) is 5.57 Å². The summed E-state index contributed by atoms with van der Waals surface area (Å²) in [7, 11) is 0. The van der Waals surface area contributed by atoms with Gasteiger partial charge in [-0.2, -0.15) is 10.0 Å². The molecule has 0 aliphatic carbocycles. The SMILES string of the molecule is CC1CCN(C2=NN3C(=N)/C(=C/c4ccc(Cl)cc4)C(=O)N=C3S2)CC1. The summed E-state index contributed by atoms with van der Waals surface area (Å²) < 4.78 is 0. The molecule has 0 bridgehead atoms. The third-order valence-electron chi connectivity index (χ3n) is 4.68. The van der Waals surface area contributed by atoms with Crippen LogP contribution in [0.25, 0.3) is 6.08 Å². The predicted octanol–water partition coefficient (Wildman–Crippen LogP) is 3.65. The average molecular weight is 388 g/mol. The summed E-state index contributed by atoms with van der Waals surface area (Å²) in [6.45, 7) is 4.15. The number of piperidine rings is 1. The van der Waals surface area contributed by atoms with Crippen LogP contribution in [0.4, 0.5) is 0 Å². The van der Waals surface area contributed by atoms with Crippen molar-refractivity contribution in [2.45, 2.75) is 19.8 Å². The fourth-order valence-electron chi connectivity index (χ4n) is 3.04. The molecular weight excluding hydrogens is 370 g/mol. The number of carbonyl (C=O) groups is 1. The molecule has 0 aromatic heterocycles. The number of amides is 1. The zero-order chi connectivity index (χ0) is 18.3. The Kier molecular flexibility index (Phi) is 4.58. The molecule has 1 fully saturated rings. The van der Waals surface area contributed by atoms with Crippen molar-refractivity contribution in [1.82, 2.24) is 9.91 Å². The lowest BCUT2D eigenvalue weighted by Gasteiger charge is -2.30. The summed E-state index contributed by atoms with van der Waals surface area (Å²) in [6, 6.07) is 7.10. The molecule has 0 radical (unpaired) electrons. The number of nitrogens with one attached hydrogen (secondary N) is 1. The van der Waals surface area contributed by atoms with Gasteiger partial charge in [-0.05, 0) is 54.3 Å². The molecule has 134 valence electrons. The van der Waals surface area contributed by atoms with E-state index in [1.54, 1.807) is 30.3 Å². The zero-order valence-electron chi connectivity index (χ0n) is 14.3. The van der Waals surface area contributed by atoms with Crippen LogP contribution in [0.15, 0.2) is 39.9 Å². The van der Waals surface area contributed by atoms with Crippen molar-refractivity contribution in [3.8, 4) is 0 Å². The standard InChI is InChI=1S/C18H18ClN5OS/c1-11-6-8-23(9-7-11)18-22-24-15(20)14(16(25)21-17(24)26-18)10-12-2-4-13(19)5-3-12/h2-5,10-11,20H,6-9H2,1H3/b14-10-,20-15?. The third kappa shape index (κ3) is 3.29. The minimum absolute atomic E-state index is 0.0582. The summed E-state index contributed by atoms with van der Waals surface area (Å²) in [5.74, 6) is 0.377. The topological polar surface area (TPSA) is 72.1 Å². The highest BCUT2D eigenvalue weighted by molar-refractivity contribution is 8.26. The van der Waals surface area contributed by atoms with Crippen molar-refractivity contribution in [3.05, 3.63) is 40.4 Å². The number of aliphatic imine (C=N–C) groups is 1. The molecule has 4 rings (SSSR count). The number of hydrogen-bond donors (Lipinski definition) is 1. The molecule has 0 atom stereocenters. The number of likely N-dealkylation sites (tertiary alicyclic amines) is 1. The Balaban J connectivity index is 1.59. The van der Waals surface area contributed by atoms with Crippen molar-refractivity contribution < 1.29 is 4.79 Å². The Morgan fingerprint density at radius 2 is 1.92 bits per heavy atom. The molecule has 8 heteroatoms. The van der Waals surface area contributed by atoms with Crippen molar-refractivity contribution >= 4 is 51.5 Å². The number of thioether (sulfide) groups is 1. The van der Waals surface area contributed by atoms with Gasteiger partial charge in [0.25, 0.3) is 5.91 Å². The minimum Gasteiger partial charge on any atom is -0.349 e. The Bertz CT molecular complexity index is 853. The van der Waals surface area contributed by atoms with E-state index in [1.165, 1.54) is 16.8 Å². The van der Waals surface area contributed by atoms with E-state index in [2.05, 4.69) is 21.9 Å². The summed E-state index contributed by atoms with van der Waals surface area (Å²) in [4.78, 5) is 18.8. The van der Waals surface area contributed by atoms with Crippen molar-refractivity contribution in [1.29, 1.82) is 5.41 Å². The lowest BCUT2D eigenvalue weighted by Crippen LogP contribution is -2.36. The number of rotatable bonds is 1. The van der Waals surface area contributed by atoms with Gasteiger partial charge in [-0.3, -0.25) is 10.2 Å². The first-order chi connectivity index (χ1) is 12.5. The van der Waals surface area contributed by atoms with Gasteiger partial charge in [0.15, 0.2) is 11.0 Å². The van der Waals surface area contributed by atoms with E-state index >= 15 is 0 Å². The van der Waals surface area contributed by atoms with Crippen LogP contribution < -0.4 is 0 Å². The lowest BCUT2D eigenvalue weighted by atomic mass is 10.00. The molecule has 0 saturated carbocycles. The van der Waals surface area contributed by atoms with Crippen LogP contribution in [0.2, 0.25) is 5.02 Å². The second-order valence-electron chi connectivity index (χ2n) is 6.62. The first-order valence-electron chi connectivity index (χ1n) is 8.52. The number of halogens is 1. The fourth-order valence-corrected chi connectivity index (χ4v) is 4.11. The van der Waals surface area contributed by atoms with Gasteiger partial charge in [-0.1, -0.05) is 30.7 Å². The van der Waals surface area contributed by atoms with Crippen molar-refractivity contribution in [2.24, 2.45) is 16.0 Å². The number of amidine groups is 3.